The van der Waals surface area contributed by atoms with Crippen molar-refractivity contribution in [2.75, 3.05) is 16.8 Å². The van der Waals surface area contributed by atoms with Crippen molar-refractivity contribution in [2.45, 2.75) is 31.7 Å². The number of carbonyl (C=O) groups excluding carboxylic acids is 1. The lowest BCUT2D eigenvalue weighted by atomic mass is 9.96. The standard InChI is InChI=1S/C22H20N6OS2/c1-3-14-4-6-15(7-5-14)19-16(10-23)20(25)28-21(17(19)11-24)30-9-8-18(29)27-22-26-13(2)12-31-22/h4-7,12H,3,8-9H2,1-2H3,(H2,25,28)(H,26,27,29). The number of pyridine rings is 1. The number of carbonyl (C=O) groups is 1. The number of hydrogen-bond acceptors (Lipinski definition) is 8. The third-order valence-electron chi connectivity index (χ3n) is 4.50. The van der Waals surface area contributed by atoms with Gasteiger partial charge in [-0.1, -0.05) is 31.2 Å². The summed E-state index contributed by atoms with van der Waals surface area (Å²) in [4.78, 5) is 20.7. The predicted octanol–water partition coefficient (Wildman–Crippen LogP) is 4.52. The number of aryl methyl sites for hydroxylation is 2. The monoisotopic (exact) mass is 448 g/mol. The summed E-state index contributed by atoms with van der Waals surface area (Å²) in [6, 6.07) is 11.9. The summed E-state index contributed by atoms with van der Waals surface area (Å²) in [5.74, 6) is 0.302. The summed E-state index contributed by atoms with van der Waals surface area (Å²) in [6.45, 7) is 3.92. The predicted molar refractivity (Wildman–Crippen MR) is 124 cm³/mol. The molecule has 0 saturated heterocycles. The first kappa shape index (κ1) is 22.3. The summed E-state index contributed by atoms with van der Waals surface area (Å²) in [7, 11) is 0. The molecule has 3 rings (SSSR count). The van der Waals surface area contributed by atoms with Crippen molar-refractivity contribution in [1.82, 2.24) is 9.97 Å². The van der Waals surface area contributed by atoms with E-state index in [1.54, 1.807) is 0 Å². The van der Waals surface area contributed by atoms with Crippen LogP contribution in [-0.2, 0) is 11.2 Å². The molecule has 7 nitrogen and oxygen atoms in total. The maximum atomic E-state index is 12.2. The Balaban J connectivity index is 1.83. The van der Waals surface area contributed by atoms with Crippen molar-refractivity contribution in [3.63, 3.8) is 0 Å². The highest BCUT2D eigenvalue weighted by Crippen LogP contribution is 2.36. The molecule has 1 amide bonds. The minimum atomic E-state index is -0.169. The summed E-state index contributed by atoms with van der Waals surface area (Å²) >= 11 is 2.63. The van der Waals surface area contributed by atoms with Crippen LogP contribution < -0.4 is 11.1 Å². The SMILES string of the molecule is CCc1ccc(-c2c(C#N)c(N)nc(SCCC(=O)Nc3nc(C)cs3)c2C#N)cc1. The van der Waals surface area contributed by atoms with Gasteiger partial charge in [-0.3, -0.25) is 4.79 Å². The molecular weight excluding hydrogens is 428 g/mol. The van der Waals surface area contributed by atoms with Crippen molar-refractivity contribution in [2.24, 2.45) is 0 Å². The first-order valence-corrected chi connectivity index (χ1v) is 11.4. The number of nitrogen functional groups attached to an aromatic ring is 1. The molecule has 0 fully saturated rings. The zero-order chi connectivity index (χ0) is 22.4. The van der Waals surface area contributed by atoms with E-state index in [-0.39, 0.29) is 29.3 Å². The summed E-state index contributed by atoms with van der Waals surface area (Å²) in [5, 5.41) is 25.0. The molecule has 1 aromatic carbocycles. The second-order valence-electron chi connectivity index (χ2n) is 6.64. The lowest BCUT2D eigenvalue weighted by Gasteiger charge is -2.13. The van der Waals surface area contributed by atoms with Gasteiger partial charge in [-0.15, -0.1) is 23.1 Å². The number of thioether (sulfide) groups is 1. The molecular formula is C22H20N6OS2. The van der Waals surface area contributed by atoms with Gasteiger partial charge in [-0.05, 0) is 24.5 Å². The Morgan fingerprint density at radius 2 is 1.90 bits per heavy atom. The third-order valence-corrected chi connectivity index (χ3v) is 6.35. The summed E-state index contributed by atoms with van der Waals surface area (Å²) < 4.78 is 0. The van der Waals surface area contributed by atoms with Gasteiger partial charge in [0.15, 0.2) is 5.13 Å². The van der Waals surface area contributed by atoms with Gasteiger partial charge in [-0.2, -0.15) is 10.5 Å². The second kappa shape index (κ2) is 10.1. The smallest absolute Gasteiger partial charge is 0.226 e. The number of rotatable bonds is 7. The molecule has 0 atom stereocenters. The molecule has 2 heterocycles. The van der Waals surface area contributed by atoms with Crippen molar-refractivity contribution >= 4 is 40.0 Å². The van der Waals surface area contributed by atoms with E-state index in [0.717, 1.165) is 23.2 Å². The largest absolute Gasteiger partial charge is 0.383 e. The van der Waals surface area contributed by atoms with E-state index in [4.69, 9.17) is 5.73 Å². The number of aromatic nitrogens is 2. The Morgan fingerprint density at radius 3 is 2.48 bits per heavy atom. The Labute approximate surface area is 189 Å². The van der Waals surface area contributed by atoms with E-state index in [2.05, 4.69) is 34.3 Å². The van der Waals surface area contributed by atoms with Crippen LogP contribution in [0.2, 0.25) is 0 Å². The minimum absolute atomic E-state index is 0.0706. The van der Waals surface area contributed by atoms with E-state index in [9.17, 15) is 15.3 Å². The molecule has 3 N–H and O–H groups in total. The van der Waals surface area contributed by atoms with Gasteiger partial charge in [0.25, 0.3) is 0 Å². The average molecular weight is 449 g/mol. The van der Waals surface area contributed by atoms with Crippen LogP contribution in [0.15, 0.2) is 34.7 Å². The molecule has 0 spiro atoms. The van der Waals surface area contributed by atoms with Gasteiger partial charge in [0.1, 0.15) is 28.5 Å². The third kappa shape index (κ3) is 5.21. The van der Waals surface area contributed by atoms with Crippen molar-refractivity contribution in [1.29, 1.82) is 10.5 Å². The van der Waals surface area contributed by atoms with Gasteiger partial charge in [0, 0.05) is 23.1 Å². The number of nitrogens with one attached hydrogen (secondary N) is 1. The molecule has 9 heteroatoms. The van der Waals surface area contributed by atoms with E-state index >= 15 is 0 Å². The zero-order valence-electron chi connectivity index (χ0n) is 17.1. The van der Waals surface area contributed by atoms with Crippen LogP contribution in [0.3, 0.4) is 0 Å². The maximum absolute atomic E-state index is 12.2. The Bertz CT molecular complexity index is 1190. The van der Waals surface area contributed by atoms with Crippen LogP contribution in [0, 0.1) is 29.6 Å². The number of amides is 1. The molecule has 0 aliphatic heterocycles. The number of thiazole rings is 1. The summed E-state index contributed by atoms with van der Waals surface area (Å²) in [6.07, 6.45) is 1.11. The van der Waals surface area contributed by atoms with E-state index < -0.39 is 0 Å². The highest BCUT2D eigenvalue weighted by atomic mass is 32.2. The second-order valence-corrected chi connectivity index (χ2v) is 8.58. The number of benzene rings is 1. The Morgan fingerprint density at radius 1 is 1.19 bits per heavy atom. The van der Waals surface area contributed by atoms with Crippen LogP contribution in [0.1, 0.15) is 35.7 Å². The molecule has 0 bridgehead atoms. The Hall–Kier alpha value is -3.40. The molecule has 0 radical (unpaired) electrons. The average Bonchev–Trinajstić information content (AvgIpc) is 3.17. The van der Waals surface area contributed by atoms with Crippen LogP contribution in [0.25, 0.3) is 11.1 Å². The Kier molecular flexibility index (Phi) is 7.24. The fraction of sp³-hybridized carbons (Fsp3) is 0.227. The lowest BCUT2D eigenvalue weighted by molar-refractivity contribution is -0.115. The molecule has 31 heavy (non-hydrogen) atoms. The normalized spacial score (nSPS) is 10.3. The van der Waals surface area contributed by atoms with Crippen molar-refractivity contribution in [3.8, 4) is 23.3 Å². The fourth-order valence-corrected chi connectivity index (χ4v) is 4.57. The van der Waals surface area contributed by atoms with Gasteiger partial charge in [0.2, 0.25) is 5.91 Å². The van der Waals surface area contributed by atoms with Crippen LogP contribution in [0.5, 0.6) is 0 Å². The lowest BCUT2D eigenvalue weighted by Crippen LogP contribution is -2.12. The first-order valence-electron chi connectivity index (χ1n) is 9.54. The maximum Gasteiger partial charge on any atom is 0.226 e. The number of nitriles is 2. The highest BCUT2D eigenvalue weighted by molar-refractivity contribution is 7.99. The van der Waals surface area contributed by atoms with E-state index in [0.29, 0.717) is 21.5 Å². The van der Waals surface area contributed by atoms with Gasteiger partial charge in [0.05, 0.1) is 11.3 Å². The molecule has 0 aliphatic carbocycles. The van der Waals surface area contributed by atoms with Crippen LogP contribution in [0.4, 0.5) is 10.9 Å². The number of nitrogens with zero attached hydrogens (tertiary/aromatic N) is 4. The van der Waals surface area contributed by atoms with E-state index in [1.807, 2.05) is 36.6 Å². The number of hydrogen-bond donors (Lipinski definition) is 2. The van der Waals surface area contributed by atoms with Gasteiger partial charge in [-0.25, -0.2) is 9.97 Å². The van der Waals surface area contributed by atoms with Crippen LogP contribution >= 0.6 is 23.1 Å². The summed E-state index contributed by atoms with van der Waals surface area (Å²) in [5.41, 5.74) is 9.73. The highest BCUT2D eigenvalue weighted by Gasteiger charge is 2.20. The molecule has 0 saturated carbocycles. The molecule has 2 aromatic heterocycles. The molecule has 156 valence electrons. The molecule has 0 unspecified atom stereocenters. The van der Waals surface area contributed by atoms with E-state index in [1.165, 1.54) is 23.1 Å². The molecule has 0 aliphatic rings. The van der Waals surface area contributed by atoms with Gasteiger partial charge < -0.3 is 11.1 Å². The zero-order valence-corrected chi connectivity index (χ0v) is 18.7. The van der Waals surface area contributed by atoms with Crippen molar-refractivity contribution < 1.29 is 4.79 Å². The van der Waals surface area contributed by atoms with Crippen LogP contribution in [-0.4, -0.2) is 21.6 Å². The first-order chi connectivity index (χ1) is 15.0. The van der Waals surface area contributed by atoms with Crippen molar-refractivity contribution in [3.05, 3.63) is 52.0 Å². The number of anilines is 2. The van der Waals surface area contributed by atoms with Gasteiger partial charge >= 0.3 is 0 Å². The fourth-order valence-electron chi connectivity index (χ4n) is 2.93. The minimum Gasteiger partial charge on any atom is -0.383 e. The quantitative estimate of drug-likeness (QED) is 0.508. The molecule has 3 aromatic rings. The topological polar surface area (TPSA) is 128 Å². The number of nitrogens with two attached hydrogens (primary N) is 1.